The molecule has 8 nitrogen and oxygen atoms in total. The van der Waals surface area contributed by atoms with Crippen LogP contribution >= 0.6 is 0 Å². The number of hydrogen-bond acceptors (Lipinski definition) is 7. The van der Waals surface area contributed by atoms with Crippen molar-refractivity contribution in [3.63, 3.8) is 0 Å². The van der Waals surface area contributed by atoms with Crippen LogP contribution in [-0.2, 0) is 14.8 Å². The molecule has 0 spiro atoms. The third-order valence-electron chi connectivity index (χ3n) is 6.17. The van der Waals surface area contributed by atoms with Gasteiger partial charge in [0, 0.05) is 24.5 Å². The molecule has 1 saturated heterocycles. The van der Waals surface area contributed by atoms with E-state index in [0.29, 0.717) is 17.2 Å². The minimum absolute atomic E-state index is 0.0970. The largest absolute Gasteiger partial charge is 0.378 e. The SMILES string of the molecule is O=S(=O)(c1ccccc1)N1CN(c2ccc(N3CCOCC3)cc2)c2nc3ccccc3nc21. The van der Waals surface area contributed by atoms with Crippen molar-refractivity contribution < 1.29 is 13.2 Å². The predicted octanol–water partition coefficient (Wildman–Crippen LogP) is 3.77. The van der Waals surface area contributed by atoms with Gasteiger partial charge in [-0.05, 0) is 48.5 Å². The predicted molar refractivity (Wildman–Crippen MR) is 132 cm³/mol. The fourth-order valence-corrected chi connectivity index (χ4v) is 5.74. The third kappa shape index (κ3) is 3.53. The summed E-state index contributed by atoms with van der Waals surface area (Å²) in [6, 6.07) is 24.1. The van der Waals surface area contributed by atoms with Crippen LogP contribution in [0.1, 0.15) is 0 Å². The first-order valence-electron chi connectivity index (χ1n) is 11.2. The molecule has 0 bridgehead atoms. The van der Waals surface area contributed by atoms with Crippen LogP contribution in [0.5, 0.6) is 0 Å². The Morgan fingerprint density at radius 1 is 0.706 bits per heavy atom. The Bertz CT molecular complexity index is 1440. The van der Waals surface area contributed by atoms with Crippen LogP contribution in [0.4, 0.5) is 23.0 Å². The van der Waals surface area contributed by atoms with E-state index < -0.39 is 10.0 Å². The van der Waals surface area contributed by atoms with E-state index in [1.807, 2.05) is 41.3 Å². The number of aromatic nitrogens is 2. The average molecular weight is 474 g/mol. The summed E-state index contributed by atoms with van der Waals surface area (Å²) in [4.78, 5) is 13.9. The van der Waals surface area contributed by atoms with Crippen LogP contribution < -0.4 is 14.1 Å². The fraction of sp³-hybridized carbons (Fsp3) is 0.200. The number of nitrogens with zero attached hydrogens (tertiary/aromatic N) is 5. The number of sulfonamides is 1. The summed E-state index contributed by atoms with van der Waals surface area (Å²) in [6.45, 7) is 3.24. The Kier molecular flexibility index (Phi) is 5.08. The molecule has 0 unspecified atom stereocenters. The highest BCUT2D eigenvalue weighted by Crippen LogP contribution is 2.41. The molecule has 4 aromatic rings. The maximum Gasteiger partial charge on any atom is 0.267 e. The van der Waals surface area contributed by atoms with Crippen LogP contribution in [-0.4, -0.2) is 51.4 Å². The highest BCUT2D eigenvalue weighted by atomic mass is 32.2. The zero-order valence-electron chi connectivity index (χ0n) is 18.4. The van der Waals surface area contributed by atoms with Crippen molar-refractivity contribution in [1.29, 1.82) is 0 Å². The van der Waals surface area contributed by atoms with E-state index in [-0.39, 0.29) is 11.6 Å². The summed E-state index contributed by atoms with van der Waals surface area (Å²) in [6.07, 6.45) is 0. The van der Waals surface area contributed by atoms with Gasteiger partial charge in [-0.2, -0.15) is 0 Å². The lowest BCUT2D eigenvalue weighted by molar-refractivity contribution is 0.122. The molecule has 0 amide bonds. The monoisotopic (exact) mass is 473 g/mol. The smallest absolute Gasteiger partial charge is 0.267 e. The summed E-state index contributed by atoms with van der Waals surface area (Å²) in [5, 5.41) is 0. The standard InChI is InChI=1S/C25H23N5O3S/c31-34(32,21-6-2-1-3-7-21)30-18-29(24-25(30)27-23-9-5-4-8-22(23)26-24)20-12-10-19(11-13-20)28-14-16-33-17-15-28/h1-13H,14-18H2. The molecule has 34 heavy (non-hydrogen) atoms. The molecular weight excluding hydrogens is 450 g/mol. The highest BCUT2D eigenvalue weighted by Gasteiger charge is 2.38. The van der Waals surface area contributed by atoms with Crippen molar-refractivity contribution in [2.45, 2.75) is 4.90 Å². The number of morpholine rings is 1. The van der Waals surface area contributed by atoms with E-state index in [4.69, 9.17) is 14.7 Å². The van der Waals surface area contributed by atoms with Gasteiger partial charge in [-0.15, -0.1) is 0 Å². The van der Waals surface area contributed by atoms with Gasteiger partial charge in [0.1, 0.15) is 6.67 Å². The second-order valence-corrected chi connectivity index (χ2v) is 10.1. The van der Waals surface area contributed by atoms with Gasteiger partial charge in [0.25, 0.3) is 10.0 Å². The molecule has 3 heterocycles. The van der Waals surface area contributed by atoms with Gasteiger partial charge >= 0.3 is 0 Å². The molecular formula is C25H23N5O3S. The van der Waals surface area contributed by atoms with Gasteiger partial charge in [0.05, 0.1) is 29.1 Å². The third-order valence-corrected chi connectivity index (χ3v) is 7.90. The molecule has 172 valence electrons. The summed E-state index contributed by atoms with van der Waals surface area (Å²) < 4.78 is 34.0. The van der Waals surface area contributed by atoms with Crippen LogP contribution in [0, 0.1) is 0 Å². The second-order valence-electron chi connectivity index (χ2n) is 8.21. The first kappa shape index (κ1) is 20.9. The lowest BCUT2D eigenvalue weighted by Crippen LogP contribution is -2.36. The number of fused-ring (bicyclic) bond motifs is 2. The summed E-state index contributed by atoms with van der Waals surface area (Å²) in [7, 11) is -3.82. The minimum Gasteiger partial charge on any atom is -0.378 e. The lowest BCUT2D eigenvalue weighted by atomic mass is 10.2. The Morgan fingerprint density at radius 3 is 1.97 bits per heavy atom. The average Bonchev–Trinajstić information content (AvgIpc) is 3.27. The molecule has 2 aliphatic rings. The number of rotatable bonds is 4. The second kappa shape index (κ2) is 8.27. The summed E-state index contributed by atoms with van der Waals surface area (Å²) in [5.74, 6) is 0.858. The molecule has 9 heteroatoms. The first-order valence-corrected chi connectivity index (χ1v) is 12.6. The van der Waals surface area contributed by atoms with Crippen LogP contribution in [0.25, 0.3) is 11.0 Å². The van der Waals surface area contributed by atoms with Crippen LogP contribution in [0.15, 0.2) is 83.8 Å². The molecule has 0 radical (unpaired) electrons. The van der Waals surface area contributed by atoms with Crippen molar-refractivity contribution in [3.8, 4) is 0 Å². The normalized spacial score (nSPS) is 16.2. The van der Waals surface area contributed by atoms with Gasteiger partial charge in [-0.25, -0.2) is 22.7 Å². The number of ether oxygens (including phenoxy) is 1. The number of para-hydroxylation sites is 2. The zero-order valence-corrected chi connectivity index (χ0v) is 19.2. The molecule has 3 aromatic carbocycles. The zero-order chi connectivity index (χ0) is 23.1. The van der Waals surface area contributed by atoms with E-state index in [0.717, 1.165) is 43.2 Å². The van der Waals surface area contributed by atoms with E-state index in [9.17, 15) is 8.42 Å². The Balaban J connectivity index is 1.43. The lowest BCUT2D eigenvalue weighted by Gasteiger charge is -2.29. The maximum atomic E-state index is 13.6. The summed E-state index contributed by atoms with van der Waals surface area (Å²) >= 11 is 0. The Morgan fingerprint density at radius 2 is 1.29 bits per heavy atom. The Labute approximate surface area is 198 Å². The van der Waals surface area contributed by atoms with Crippen molar-refractivity contribution in [3.05, 3.63) is 78.9 Å². The molecule has 0 aliphatic carbocycles. The molecule has 0 atom stereocenters. The highest BCUT2D eigenvalue weighted by molar-refractivity contribution is 7.92. The van der Waals surface area contributed by atoms with Crippen molar-refractivity contribution >= 4 is 44.1 Å². The molecule has 6 rings (SSSR count). The molecule has 1 fully saturated rings. The van der Waals surface area contributed by atoms with Gasteiger partial charge < -0.3 is 14.5 Å². The van der Waals surface area contributed by atoms with Gasteiger partial charge in [0.2, 0.25) is 0 Å². The topological polar surface area (TPSA) is 78.9 Å². The van der Waals surface area contributed by atoms with Crippen molar-refractivity contribution in [2.75, 3.05) is 47.1 Å². The van der Waals surface area contributed by atoms with Crippen LogP contribution in [0.3, 0.4) is 0 Å². The van der Waals surface area contributed by atoms with Crippen LogP contribution in [0.2, 0.25) is 0 Å². The first-order chi connectivity index (χ1) is 16.6. The number of anilines is 4. The van der Waals surface area contributed by atoms with E-state index in [2.05, 4.69) is 17.0 Å². The summed E-state index contributed by atoms with van der Waals surface area (Å²) in [5.41, 5.74) is 3.34. The quantitative estimate of drug-likeness (QED) is 0.446. The van der Waals surface area contributed by atoms with Gasteiger partial charge in [-0.1, -0.05) is 30.3 Å². The number of benzene rings is 3. The molecule has 1 aromatic heterocycles. The van der Waals surface area contributed by atoms with E-state index in [1.54, 1.807) is 30.3 Å². The van der Waals surface area contributed by atoms with Gasteiger partial charge in [0.15, 0.2) is 11.6 Å². The van der Waals surface area contributed by atoms with E-state index >= 15 is 0 Å². The molecule has 0 saturated carbocycles. The van der Waals surface area contributed by atoms with E-state index in [1.165, 1.54) is 4.31 Å². The van der Waals surface area contributed by atoms with Crippen molar-refractivity contribution in [1.82, 2.24) is 9.97 Å². The molecule has 2 aliphatic heterocycles. The number of hydrogen-bond donors (Lipinski definition) is 0. The minimum atomic E-state index is -3.82. The Hall–Kier alpha value is -3.69. The van der Waals surface area contributed by atoms with Crippen molar-refractivity contribution in [2.24, 2.45) is 0 Å². The maximum absolute atomic E-state index is 13.6. The molecule has 0 N–H and O–H groups in total. The fourth-order valence-electron chi connectivity index (χ4n) is 4.37. The van der Waals surface area contributed by atoms with Gasteiger partial charge in [-0.3, -0.25) is 0 Å².